The van der Waals surface area contributed by atoms with E-state index in [1.165, 1.54) is 0 Å². The number of aromatic nitrogens is 3. The van der Waals surface area contributed by atoms with Crippen LogP contribution in [0.2, 0.25) is 5.02 Å². The molecule has 0 amide bonds. The molecule has 1 aromatic carbocycles. The Morgan fingerprint density at radius 1 is 1.10 bits per heavy atom. The van der Waals surface area contributed by atoms with E-state index >= 15 is 0 Å². The van der Waals surface area contributed by atoms with Gasteiger partial charge in [-0.2, -0.15) is 4.99 Å². The van der Waals surface area contributed by atoms with Crippen LogP contribution in [0.3, 0.4) is 0 Å². The first-order valence-corrected chi connectivity index (χ1v) is 10.6. The Hall–Kier alpha value is -3.33. The Balaban J connectivity index is 1.61. The van der Waals surface area contributed by atoms with Crippen LogP contribution in [0.15, 0.2) is 46.5 Å². The fraction of sp³-hybridized carbons (Fsp3) is 0.333. The number of nitrogens with zero attached hydrogens (tertiary/aromatic N) is 6. The van der Waals surface area contributed by atoms with Crippen LogP contribution >= 0.6 is 11.6 Å². The molecular formula is C21H23ClN8O. The van der Waals surface area contributed by atoms with Gasteiger partial charge >= 0.3 is 0 Å². The van der Waals surface area contributed by atoms with E-state index in [9.17, 15) is 0 Å². The molecule has 5 rings (SSSR count). The van der Waals surface area contributed by atoms with Crippen LogP contribution in [0.1, 0.15) is 32.1 Å². The van der Waals surface area contributed by atoms with Crippen molar-refractivity contribution in [2.24, 2.45) is 21.5 Å². The number of fused-ring (bicyclic) bond motifs is 1. The Bertz CT molecular complexity index is 1210. The Morgan fingerprint density at radius 3 is 2.68 bits per heavy atom. The minimum atomic E-state index is -0.565. The van der Waals surface area contributed by atoms with Gasteiger partial charge in [0.1, 0.15) is 5.66 Å². The lowest BCUT2D eigenvalue weighted by Gasteiger charge is -2.45. The standard InChI is InChI=1S/C21H23ClN8O/c1-31-18-8-7-17-25-15(12-29(17)28-18)13-5-6-14(22)16(11-13)30-20(24)26-19(23)27-21(30)9-3-2-4-10-21/h5-8,11-12H,2-4,9-10H2,1H3,(H4,23,24,26,27). The van der Waals surface area contributed by atoms with Crippen LogP contribution in [0.5, 0.6) is 5.88 Å². The molecule has 1 aliphatic carbocycles. The average molecular weight is 439 g/mol. The highest BCUT2D eigenvalue weighted by molar-refractivity contribution is 6.34. The maximum absolute atomic E-state index is 6.65. The van der Waals surface area contributed by atoms with Crippen molar-refractivity contribution >= 4 is 34.9 Å². The summed E-state index contributed by atoms with van der Waals surface area (Å²) in [5.41, 5.74) is 14.9. The van der Waals surface area contributed by atoms with Crippen molar-refractivity contribution < 1.29 is 4.74 Å². The van der Waals surface area contributed by atoms with Gasteiger partial charge in [-0.1, -0.05) is 24.1 Å². The van der Waals surface area contributed by atoms with Gasteiger partial charge in [0, 0.05) is 11.6 Å². The van der Waals surface area contributed by atoms with E-state index in [1.807, 2.05) is 35.4 Å². The van der Waals surface area contributed by atoms with E-state index in [0.29, 0.717) is 22.5 Å². The third kappa shape index (κ3) is 3.34. The number of halogens is 1. The van der Waals surface area contributed by atoms with Gasteiger partial charge in [0.25, 0.3) is 0 Å². The molecule has 0 atom stereocenters. The Kier molecular flexibility index (Phi) is 4.70. The van der Waals surface area contributed by atoms with Crippen LogP contribution in [0, 0.1) is 0 Å². The van der Waals surface area contributed by atoms with Gasteiger partial charge in [-0.3, -0.25) is 4.90 Å². The lowest BCUT2D eigenvalue weighted by atomic mass is 9.87. The summed E-state index contributed by atoms with van der Waals surface area (Å²) in [5, 5.41) is 4.94. The van der Waals surface area contributed by atoms with Gasteiger partial charge in [0.05, 0.1) is 29.7 Å². The second-order valence-corrected chi connectivity index (χ2v) is 8.20. The molecule has 3 aromatic rings. The molecule has 10 heteroatoms. The molecule has 1 aliphatic heterocycles. The minimum absolute atomic E-state index is 0.211. The third-order valence-corrected chi connectivity index (χ3v) is 6.16. The number of benzene rings is 1. The largest absolute Gasteiger partial charge is 0.480 e. The number of methoxy groups -OCH3 is 1. The van der Waals surface area contributed by atoms with Crippen molar-refractivity contribution in [3.05, 3.63) is 41.6 Å². The smallest absolute Gasteiger partial charge is 0.231 e. The predicted octanol–water partition coefficient (Wildman–Crippen LogP) is 3.17. The molecule has 4 N–H and O–H groups in total. The maximum atomic E-state index is 6.65. The summed E-state index contributed by atoms with van der Waals surface area (Å²) in [4.78, 5) is 15.6. The first kappa shape index (κ1) is 19.6. The number of rotatable bonds is 3. The lowest BCUT2D eigenvalue weighted by molar-refractivity contribution is 0.305. The molecule has 2 aromatic heterocycles. The number of guanidine groups is 2. The number of anilines is 1. The van der Waals surface area contributed by atoms with Crippen LogP contribution in [-0.4, -0.2) is 39.3 Å². The number of ether oxygens (including phenoxy) is 1. The van der Waals surface area contributed by atoms with Crippen LogP contribution in [0.25, 0.3) is 16.9 Å². The molecule has 2 aliphatic rings. The molecule has 1 saturated carbocycles. The Morgan fingerprint density at radius 2 is 1.90 bits per heavy atom. The molecule has 9 nitrogen and oxygen atoms in total. The van der Waals surface area contributed by atoms with E-state index < -0.39 is 5.66 Å². The summed E-state index contributed by atoms with van der Waals surface area (Å²) in [6, 6.07) is 9.37. The quantitative estimate of drug-likeness (QED) is 0.648. The molecule has 31 heavy (non-hydrogen) atoms. The number of imidazole rings is 1. The number of aliphatic imine (C=N–C) groups is 2. The summed E-state index contributed by atoms with van der Waals surface area (Å²) < 4.78 is 6.89. The molecule has 0 radical (unpaired) electrons. The second kappa shape index (κ2) is 7.42. The summed E-state index contributed by atoms with van der Waals surface area (Å²) in [5.74, 6) is 1.03. The van der Waals surface area contributed by atoms with Gasteiger partial charge in [0.15, 0.2) is 5.65 Å². The van der Waals surface area contributed by atoms with Crippen molar-refractivity contribution in [3.8, 4) is 17.1 Å². The highest BCUT2D eigenvalue weighted by Gasteiger charge is 2.43. The summed E-state index contributed by atoms with van der Waals surface area (Å²) >= 11 is 6.65. The number of hydrogen-bond acceptors (Lipinski definition) is 8. The van der Waals surface area contributed by atoms with Crippen molar-refractivity contribution in [2.45, 2.75) is 37.8 Å². The van der Waals surface area contributed by atoms with E-state index in [1.54, 1.807) is 17.7 Å². The van der Waals surface area contributed by atoms with Crippen LogP contribution in [-0.2, 0) is 0 Å². The number of nitrogens with two attached hydrogens (primary N) is 2. The van der Waals surface area contributed by atoms with Crippen molar-refractivity contribution in [1.29, 1.82) is 0 Å². The maximum Gasteiger partial charge on any atom is 0.231 e. The van der Waals surface area contributed by atoms with E-state index in [0.717, 1.165) is 49.0 Å². The summed E-state index contributed by atoms with van der Waals surface area (Å²) in [6.07, 6.45) is 6.76. The topological polar surface area (TPSA) is 119 Å². The zero-order chi connectivity index (χ0) is 21.6. The molecule has 1 spiro atoms. The molecule has 3 heterocycles. The molecule has 0 bridgehead atoms. The first-order chi connectivity index (χ1) is 15.0. The van der Waals surface area contributed by atoms with Crippen molar-refractivity contribution in [1.82, 2.24) is 14.6 Å². The molecule has 0 unspecified atom stereocenters. The zero-order valence-electron chi connectivity index (χ0n) is 17.1. The van der Waals surface area contributed by atoms with Crippen LogP contribution < -0.4 is 21.1 Å². The fourth-order valence-corrected chi connectivity index (χ4v) is 4.63. The fourth-order valence-electron chi connectivity index (χ4n) is 4.43. The molecule has 0 saturated heterocycles. The summed E-state index contributed by atoms with van der Waals surface area (Å²) in [6.45, 7) is 0. The van der Waals surface area contributed by atoms with E-state index in [4.69, 9.17) is 32.8 Å². The first-order valence-electron chi connectivity index (χ1n) is 10.2. The van der Waals surface area contributed by atoms with Gasteiger partial charge in [-0.05, 0) is 43.9 Å². The molecular weight excluding hydrogens is 416 g/mol. The zero-order valence-corrected chi connectivity index (χ0v) is 17.9. The van der Waals surface area contributed by atoms with E-state index in [-0.39, 0.29) is 5.96 Å². The monoisotopic (exact) mass is 438 g/mol. The molecule has 160 valence electrons. The SMILES string of the molecule is COc1ccc2nc(-c3ccc(Cl)c(N4C(N)=NC(N)=NC45CCCCC5)c3)cn2n1. The van der Waals surface area contributed by atoms with E-state index in [2.05, 4.69) is 15.1 Å². The minimum Gasteiger partial charge on any atom is -0.480 e. The summed E-state index contributed by atoms with van der Waals surface area (Å²) in [7, 11) is 1.58. The third-order valence-electron chi connectivity index (χ3n) is 5.84. The van der Waals surface area contributed by atoms with Crippen LogP contribution in [0.4, 0.5) is 5.69 Å². The lowest BCUT2D eigenvalue weighted by Crippen LogP contribution is -2.58. The second-order valence-electron chi connectivity index (χ2n) is 7.79. The van der Waals surface area contributed by atoms with Gasteiger partial charge < -0.3 is 16.2 Å². The highest BCUT2D eigenvalue weighted by Crippen LogP contribution is 2.42. The van der Waals surface area contributed by atoms with Gasteiger partial charge in [0.2, 0.25) is 17.8 Å². The average Bonchev–Trinajstić information content (AvgIpc) is 3.18. The Labute approximate surface area is 184 Å². The highest BCUT2D eigenvalue weighted by atomic mass is 35.5. The molecule has 1 fully saturated rings. The van der Waals surface area contributed by atoms with Gasteiger partial charge in [-0.15, -0.1) is 5.10 Å². The number of hydrogen-bond donors (Lipinski definition) is 2. The predicted molar refractivity (Wildman–Crippen MR) is 122 cm³/mol. The van der Waals surface area contributed by atoms with Crippen molar-refractivity contribution in [3.63, 3.8) is 0 Å². The normalized spacial score (nSPS) is 18.2. The van der Waals surface area contributed by atoms with Crippen molar-refractivity contribution in [2.75, 3.05) is 12.0 Å². The van der Waals surface area contributed by atoms with Gasteiger partial charge in [-0.25, -0.2) is 14.5 Å².